The first-order valence-electron chi connectivity index (χ1n) is 10.6. The van der Waals surface area contributed by atoms with Crippen molar-refractivity contribution in [2.75, 3.05) is 39.1 Å². The van der Waals surface area contributed by atoms with Gasteiger partial charge in [-0.15, -0.1) is 0 Å². The summed E-state index contributed by atoms with van der Waals surface area (Å²) in [6, 6.07) is 7.11. The number of rotatable bonds is 8. The predicted octanol–water partition coefficient (Wildman–Crippen LogP) is 2.95. The standard InChI is InChI=1S/C22H30N4O5S/c1-5-30-19-10-8-18(9-11-19)23-22(27)17-7-6-13-26(15-17)32(28,29)21-16(2)24-31-20(21)12-14-25(3)4/h8-12,14,17H,5-7,13,15H2,1-4H3,(H,23,27)/b14-12+/t17-/m1/s1. The molecule has 0 saturated carbocycles. The van der Waals surface area contributed by atoms with E-state index in [1.165, 1.54) is 4.31 Å². The largest absolute Gasteiger partial charge is 0.494 e. The Balaban J connectivity index is 1.74. The van der Waals surface area contributed by atoms with Crippen LogP contribution < -0.4 is 10.1 Å². The lowest BCUT2D eigenvalue weighted by Crippen LogP contribution is -2.43. The number of benzene rings is 1. The summed E-state index contributed by atoms with van der Waals surface area (Å²) in [5.41, 5.74) is 0.939. The van der Waals surface area contributed by atoms with E-state index in [1.54, 1.807) is 48.4 Å². The van der Waals surface area contributed by atoms with Gasteiger partial charge in [-0.2, -0.15) is 4.31 Å². The summed E-state index contributed by atoms with van der Waals surface area (Å²) in [6.07, 6.45) is 4.48. The van der Waals surface area contributed by atoms with Crippen molar-refractivity contribution in [2.24, 2.45) is 5.92 Å². The molecule has 32 heavy (non-hydrogen) atoms. The highest BCUT2D eigenvalue weighted by molar-refractivity contribution is 7.89. The van der Waals surface area contributed by atoms with Gasteiger partial charge in [0.25, 0.3) is 0 Å². The zero-order valence-corrected chi connectivity index (χ0v) is 19.7. The van der Waals surface area contributed by atoms with Crippen LogP contribution in [0.4, 0.5) is 5.69 Å². The summed E-state index contributed by atoms with van der Waals surface area (Å²) in [5.74, 6) is 0.246. The van der Waals surface area contributed by atoms with Crippen molar-refractivity contribution < 1.29 is 22.5 Å². The molecule has 1 aliphatic heterocycles. The molecule has 0 bridgehead atoms. The average molecular weight is 463 g/mol. The summed E-state index contributed by atoms with van der Waals surface area (Å²) >= 11 is 0. The number of anilines is 1. The highest BCUT2D eigenvalue weighted by Crippen LogP contribution is 2.29. The summed E-state index contributed by atoms with van der Waals surface area (Å²) in [5, 5.41) is 6.73. The first kappa shape index (κ1) is 23.8. The van der Waals surface area contributed by atoms with Crippen LogP contribution in [0.25, 0.3) is 6.08 Å². The van der Waals surface area contributed by atoms with Crippen molar-refractivity contribution in [3.05, 3.63) is 41.9 Å². The number of hydrogen-bond donors (Lipinski definition) is 1. The molecule has 1 aliphatic rings. The Hall–Kier alpha value is -2.85. The molecule has 174 valence electrons. The predicted molar refractivity (Wildman–Crippen MR) is 122 cm³/mol. The quantitative estimate of drug-likeness (QED) is 0.643. The van der Waals surface area contributed by atoms with E-state index in [4.69, 9.17) is 9.26 Å². The number of aromatic nitrogens is 1. The molecular weight excluding hydrogens is 432 g/mol. The van der Waals surface area contributed by atoms with E-state index in [2.05, 4.69) is 10.5 Å². The second-order valence-corrected chi connectivity index (χ2v) is 9.76. The van der Waals surface area contributed by atoms with E-state index in [0.717, 1.165) is 5.75 Å². The number of nitrogens with zero attached hydrogens (tertiary/aromatic N) is 3. The monoisotopic (exact) mass is 462 g/mol. The average Bonchev–Trinajstić information content (AvgIpc) is 3.15. The minimum atomic E-state index is -3.87. The van der Waals surface area contributed by atoms with Gasteiger partial charge in [-0.1, -0.05) is 5.16 Å². The van der Waals surface area contributed by atoms with Gasteiger partial charge in [-0.3, -0.25) is 4.79 Å². The highest BCUT2D eigenvalue weighted by atomic mass is 32.2. The molecule has 10 heteroatoms. The van der Waals surface area contributed by atoms with Crippen LogP contribution in [-0.2, 0) is 14.8 Å². The Labute approximate surface area is 189 Å². The third-order valence-electron chi connectivity index (χ3n) is 5.14. The van der Waals surface area contributed by atoms with Crippen LogP contribution in [0.1, 0.15) is 31.2 Å². The zero-order chi connectivity index (χ0) is 23.3. The first-order valence-corrected chi connectivity index (χ1v) is 12.0. The Morgan fingerprint density at radius 2 is 2.06 bits per heavy atom. The van der Waals surface area contributed by atoms with E-state index in [9.17, 15) is 13.2 Å². The van der Waals surface area contributed by atoms with Crippen LogP contribution in [0.15, 0.2) is 39.9 Å². The fourth-order valence-corrected chi connectivity index (χ4v) is 5.34. The van der Waals surface area contributed by atoms with Crippen molar-refractivity contribution in [3.8, 4) is 5.75 Å². The summed E-state index contributed by atoms with van der Waals surface area (Å²) in [7, 11) is -0.217. The van der Waals surface area contributed by atoms with Gasteiger partial charge >= 0.3 is 0 Å². The Kier molecular flexibility index (Phi) is 7.57. The van der Waals surface area contributed by atoms with E-state index >= 15 is 0 Å². The van der Waals surface area contributed by atoms with Gasteiger partial charge in [0, 0.05) is 45.1 Å². The molecule has 1 amide bonds. The maximum absolute atomic E-state index is 13.4. The maximum Gasteiger partial charge on any atom is 0.248 e. The molecule has 0 spiro atoms. The normalized spacial score (nSPS) is 17.4. The van der Waals surface area contributed by atoms with E-state index < -0.39 is 15.9 Å². The first-order chi connectivity index (χ1) is 15.2. The topological polar surface area (TPSA) is 105 Å². The SMILES string of the molecule is CCOc1ccc(NC(=O)[C@@H]2CCCN(S(=O)(=O)c3c(C)noc3/C=C/N(C)C)C2)cc1. The molecule has 1 aromatic heterocycles. The summed E-state index contributed by atoms with van der Waals surface area (Å²) < 4.78 is 38.8. The smallest absolute Gasteiger partial charge is 0.248 e. The lowest BCUT2D eigenvalue weighted by atomic mass is 9.99. The van der Waals surface area contributed by atoms with Gasteiger partial charge in [-0.05, 0) is 51.0 Å². The van der Waals surface area contributed by atoms with Gasteiger partial charge in [0.05, 0.1) is 12.5 Å². The van der Waals surface area contributed by atoms with Crippen molar-refractivity contribution >= 4 is 27.7 Å². The van der Waals surface area contributed by atoms with Crippen molar-refractivity contribution in [3.63, 3.8) is 0 Å². The summed E-state index contributed by atoms with van der Waals surface area (Å²) in [6.45, 7) is 4.52. The number of sulfonamides is 1. The van der Waals surface area contributed by atoms with Gasteiger partial charge in [0.2, 0.25) is 15.9 Å². The fourth-order valence-electron chi connectivity index (χ4n) is 3.56. The number of ether oxygens (including phenoxy) is 1. The second-order valence-electron chi connectivity index (χ2n) is 7.89. The molecule has 2 aromatic rings. The Morgan fingerprint density at radius 1 is 1.34 bits per heavy atom. The lowest BCUT2D eigenvalue weighted by molar-refractivity contribution is -0.120. The Bertz CT molecular complexity index is 1060. The van der Waals surface area contributed by atoms with Crippen LogP contribution in [0.5, 0.6) is 5.75 Å². The number of hydrogen-bond acceptors (Lipinski definition) is 7. The fraction of sp³-hybridized carbons (Fsp3) is 0.455. The van der Waals surface area contributed by atoms with Crippen LogP contribution in [0.3, 0.4) is 0 Å². The number of nitrogens with one attached hydrogen (secondary N) is 1. The minimum absolute atomic E-state index is 0.0446. The van der Waals surface area contributed by atoms with Crippen molar-refractivity contribution in [1.82, 2.24) is 14.4 Å². The van der Waals surface area contributed by atoms with Crippen molar-refractivity contribution in [1.29, 1.82) is 0 Å². The molecule has 1 fully saturated rings. The highest BCUT2D eigenvalue weighted by Gasteiger charge is 2.37. The van der Waals surface area contributed by atoms with Gasteiger partial charge in [0.1, 0.15) is 11.4 Å². The molecule has 1 atom stereocenters. The maximum atomic E-state index is 13.4. The molecule has 3 rings (SSSR count). The third kappa shape index (κ3) is 5.49. The van der Waals surface area contributed by atoms with Gasteiger partial charge < -0.3 is 19.5 Å². The van der Waals surface area contributed by atoms with E-state index in [1.807, 2.05) is 21.0 Å². The number of piperidine rings is 1. The molecule has 1 aromatic carbocycles. The minimum Gasteiger partial charge on any atom is -0.494 e. The number of carbonyl (C=O) groups is 1. The summed E-state index contributed by atoms with van der Waals surface area (Å²) in [4.78, 5) is 14.7. The molecule has 0 unspecified atom stereocenters. The van der Waals surface area contributed by atoms with Crippen molar-refractivity contribution in [2.45, 2.75) is 31.6 Å². The molecule has 0 radical (unpaired) electrons. The van der Waals surface area contributed by atoms with Crippen LogP contribution in [0, 0.1) is 12.8 Å². The third-order valence-corrected chi connectivity index (χ3v) is 7.17. The van der Waals surface area contributed by atoms with Gasteiger partial charge in [0.15, 0.2) is 10.7 Å². The zero-order valence-electron chi connectivity index (χ0n) is 18.9. The van der Waals surface area contributed by atoms with E-state index in [-0.39, 0.29) is 23.1 Å². The number of aryl methyl sites for hydroxylation is 1. The molecular formula is C22H30N4O5S. The van der Waals surface area contributed by atoms with Gasteiger partial charge in [-0.25, -0.2) is 8.42 Å². The van der Waals surface area contributed by atoms with Crippen LogP contribution in [0.2, 0.25) is 0 Å². The lowest BCUT2D eigenvalue weighted by Gasteiger charge is -2.31. The molecule has 1 N–H and O–H groups in total. The Morgan fingerprint density at radius 3 is 2.72 bits per heavy atom. The molecule has 0 aliphatic carbocycles. The molecule has 1 saturated heterocycles. The number of carbonyl (C=O) groups excluding carboxylic acids is 1. The van der Waals surface area contributed by atoms with Crippen LogP contribution >= 0.6 is 0 Å². The van der Waals surface area contributed by atoms with Crippen LogP contribution in [-0.4, -0.2) is 62.5 Å². The number of amides is 1. The second kappa shape index (κ2) is 10.2. The van der Waals surface area contributed by atoms with E-state index in [0.29, 0.717) is 37.4 Å². The molecule has 2 heterocycles. The molecule has 9 nitrogen and oxygen atoms in total.